The highest BCUT2D eigenvalue weighted by Crippen LogP contribution is 2.17. The van der Waals surface area contributed by atoms with Crippen LogP contribution in [0.1, 0.15) is 72.1 Å². The highest BCUT2D eigenvalue weighted by Gasteiger charge is 2.03. The van der Waals surface area contributed by atoms with Gasteiger partial charge in [0.05, 0.1) is 6.10 Å². The number of hydrogen-bond acceptors (Lipinski definition) is 1. The van der Waals surface area contributed by atoms with E-state index in [1.165, 1.54) is 51.4 Å². The van der Waals surface area contributed by atoms with Crippen LogP contribution < -0.4 is 0 Å². The molecule has 0 bridgehead atoms. The Balaban J connectivity index is 3.19. The Hall–Kier alpha value is -0.0400. The summed E-state index contributed by atoms with van der Waals surface area (Å²) in [4.78, 5) is 0. The third-order valence-electron chi connectivity index (χ3n) is 3.26. The summed E-state index contributed by atoms with van der Waals surface area (Å²) in [7, 11) is 1.80. The number of ether oxygens (including phenoxy) is 1. The zero-order valence-corrected chi connectivity index (χ0v) is 11.2. The average Bonchev–Trinajstić information content (AvgIpc) is 2.24. The van der Waals surface area contributed by atoms with Crippen LogP contribution in [0.2, 0.25) is 0 Å². The maximum Gasteiger partial charge on any atom is 0.0543 e. The van der Waals surface area contributed by atoms with Gasteiger partial charge in [0.2, 0.25) is 0 Å². The molecule has 2 unspecified atom stereocenters. The summed E-state index contributed by atoms with van der Waals surface area (Å²) in [5.41, 5.74) is 0. The lowest BCUT2D eigenvalue weighted by Gasteiger charge is -2.12. The van der Waals surface area contributed by atoms with Crippen molar-refractivity contribution < 1.29 is 4.74 Å². The first-order chi connectivity index (χ1) is 7.20. The quantitative estimate of drug-likeness (QED) is 0.475. The Kier molecular flexibility index (Phi) is 10.4. The largest absolute Gasteiger partial charge is 0.382 e. The Bertz CT molecular complexity index is 123. The maximum absolute atomic E-state index is 5.24. The molecule has 0 aromatic rings. The van der Waals surface area contributed by atoms with Crippen molar-refractivity contribution in [3.63, 3.8) is 0 Å². The molecule has 0 spiro atoms. The second-order valence-electron chi connectivity index (χ2n) is 4.93. The molecule has 0 saturated carbocycles. The van der Waals surface area contributed by atoms with Crippen molar-refractivity contribution in [3.05, 3.63) is 0 Å². The fraction of sp³-hybridized carbons (Fsp3) is 1.00. The third-order valence-corrected chi connectivity index (χ3v) is 3.26. The first kappa shape index (κ1) is 15.0. The zero-order chi connectivity index (χ0) is 11.5. The summed E-state index contributed by atoms with van der Waals surface area (Å²) in [5.74, 6) is 0.925. The van der Waals surface area contributed by atoms with Gasteiger partial charge in [-0.3, -0.25) is 0 Å². The lowest BCUT2D eigenvalue weighted by molar-refractivity contribution is 0.108. The van der Waals surface area contributed by atoms with E-state index in [4.69, 9.17) is 4.74 Å². The Labute approximate surface area is 96.6 Å². The van der Waals surface area contributed by atoms with E-state index >= 15 is 0 Å². The van der Waals surface area contributed by atoms with Crippen LogP contribution in [-0.4, -0.2) is 13.2 Å². The topological polar surface area (TPSA) is 9.23 Å². The standard InChI is InChI=1S/C14H30O/c1-5-6-7-10-13(2)11-8-9-12-14(3)15-4/h13-14H,5-12H2,1-4H3. The molecule has 0 aliphatic rings. The van der Waals surface area contributed by atoms with Crippen molar-refractivity contribution in [1.29, 1.82) is 0 Å². The van der Waals surface area contributed by atoms with Gasteiger partial charge >= 0.3 is 0 Å². The van der Waals surface area contributed by atoms with Gasteiger partial charge in [-0.2, -0.15) is 0 Å². The second-order valence-corrected chi connectivity index (χ2v) is 4.93. The highest BCUT2D eigenvalue weighted by atomic mass is 16.5. The average molecular weight is 214 g/mol. The van der Waals surface area contributed by atoms with Crippen molar-refractivity contribution in [3.8, 4) is 0 Å². The predicted molar refractivity (Wildman–Crippen MR) is 68.2 cm³/mol. The van der Waals surface area contributed by atoms with E-state index < -0.39 is 0 Å². The highest BCUT2D eigenvalue weighted by molar-refractivity contribution is 4.56. The van der Waals surface area contributed by atoms with E-state index in [1.54, 1.807) is 7.11 Å². The van der Waals surface area contributed by atoms with Gasteiger partial charge in [0.25, 0.3) is 0 Å². The number of hydrogen-bond donors (Lipinski definition) is 0. The number of rotatable bonds is 10. The molecule has 2 atom stereocenters. The van der Waals surface area contributed by atoms with Crippen LogP contribution >= 0.6 is 0 Å². The van der Waals surface area contributed by atoms with Crippen LogP contribution in [0.15, 0.2) is 0 Å². The first-order valence-corrected chi connectivity index (χ1v) is 6.73. The number of methoxy groups -OCH3 is 1. The summed E-state index contributed by atoms with van der Waals surface area (Å²) in [6.45, 7) is 6.83. The van der Waals surface area contributed by atoms with Gasteiger partial charge in [-0.15, -0.1) is 0 Å². The van der Waals surface area contributed by atoms with Gasteiger partial charge in [-0.25, -0.2) is 0 Å². The Morgan fingerprint density at radius 3 is 1.93 bits per heavy atom. The van der Waals surface area contributed by atoms with E-state index in [0.29, 0.717) is 6.10 Å². The Morgan fingerprint density at radius 2 is 1.40 bits per heavy atom. The van der Waals surface area contributed by atoms with Crippen LogP contribution in [0.25, 0.3) is 0 Å². The monoisotopic (exact) mass is 214 g/mol. The van der Waals surface area contributed by atoms with Gasteiger partial charge in [0.15, 0.2) is 0 Å². The van der Waals surface area contributed by atoms with Crippen LogP contribution in [0.5, 0.6) is 0 Å². The minimum absolute atomic E-state index is 0.445. The second kappa shape index (κ2) is 10.5. The minimum atomic E-state index is 0.445. The molecule has 0 radical (unpaired) electrons. The fourth-order valence-electron chi connectivity index (χ4n) is 1.93. The van der Waals surface area contributed by atoms with Gasteiger partial charge in [-0.1, -0.05) is 58.8 Å². The molecule has 92 valence electrons. The van der Waals surface area contributed by atoms with Crippen molar-refractivity contribution in [2.75, 3.05) is 7.11 Å². The fourth-order valence-corrected chi connectivity index (χ4v) is 1.93. The number of unbranched alkanes of at least 4 members (excludes halogenated alkanes) is 3. The smallest absolute Gasteiger partial charge is 0.0543 e. The van der Waals surface area contributed by atoms with Crippen molar-refractivity contribution in [1.82, 2.24) is 0 Å². The van der Waals surface area contributed by atoms with Gasteiger partial charge in [0.1, 0.15) is 0 Å². The molecule has 1 heteroatoms. The van der Waals surface area contributed by atoms with Gasteiger partial charge in [0, 0.05) is 7.11 Å². The summed E-state index contributed by atoms with van der Waals surface area (Å²) in [6.07, 6.45) is 11.4. The normalized spacial score (nSPS) is 15.2. The minimum Gasteiger partial charge on any atom is -0.382 e. The van der Waals surface area contributed by atoms with E-state index in [2.05, 4.69) is 20.8 Å². The molecule has 15 heavy (non-hydrogen) atoms. The molecular weight excluding hydrogens is 184 g/mol. The van der Waals surface area contributed by atoms with Crippen LogP contribution in [0.3, 0.4) is 0 Å². The lowest BCUT2D eigenvalue weighted by Crippen LogP contribution is -2.04. The van der Waals surface area contributed by atoms with E-state index in [-0.39, 0.29) is 0 Å². The summed E-state index contributed by atoms with van der Waals surface area (Å²) in [6, 6.07) is 0. The van der Waals surface area contributed by atoms with E-state index in [9.17, 15) is 0 Å². The molecule has 0 amide bonds. The zero-order valence-electron chi connectivity index (χ0n) is 11.2. The maximum atomic E-state index is 5.24. The van der Waals surface area contributed by atoms with Crippen molar-refractivity contribution in [2.24, 2.45) is 5.92 Å². The summed E-state index contributed by atoms with van der Waals surface area (Å²) >= 11 is 0. The molecule has 0 aliphatic heterocycles. The molecule has 0 N–H and O–H groups in total. The van der Waals surface area contributed by atoms with Crippen LogP contribution in [0.4, 0.5) is 0 Å². The van der Waals surface area contributed by atoms with Crippen molar-refractivity contribution in [2.45, 2.75) is 78.2 Å². The molecule has 0 aliphatic carbocycles. The van der Waals surface area contributed by atoms with E-state index in [0.717, 1.165) is 5.92 Å². The summed E-state index contributed by atoms with van der Waals surface area (Å²) in [5, 5.41) is 0. The molecule has 0 aromatic heterocycles. The van der Waals surface area contributed by atoms with E-state index in [1.807, 2.05) is 0 Å². The molecule has 1 nitrogen and oxygen atoms in total. The third kappa shape index (κ3) is 10.2. The molecule has 0 fully saturated rings. The molecular formula is C14H30O. The first-order valence-electron chi connectivity index (χ1n) is 6.73. The molecule has 0 aromatic carbocycles. The van der Waals surface area contributed by atoms with Crippen LogP contribution in [-0.2, 0) is 4.74 Å². The molecule has 0 heterocycles. The van der Waals surface area contributed by atoms with Crippen LogP contribution in [0, 0.1) is 5.92 Å². The van der Waals surface area contributed by atoms with Gasteiger partial charge in [-0.05, 0) is 19.3 Å². The SMILES string of the molecule is CCCCCC(C)CCCCC(C)OC. The van der Waals surface area contributed by atoms with Gasteiger partial charge < -0.3 is 4.74 Å². The van der Waals surface area contributed by atoms with Crippen molar-refractivity contribution >= 4 is 0 Å². The predicted octanol–water partition coefficient (Wildman–Crippen LogP) is 4.80. The molecule has 0 saturated heterocycles. The summed E-state index contributed by atoms with van der Waals surface area (Å²) < 4.78 is 5.24. The molecule has 0 rings (SSSR count). The lowest BCUT2D eigenvalue weighted by atomic mass is 9.96. The Morgan fingerprint density at radius 1 is 0.867 bits per heavy atom.